The fourth-order valence-corrected chi connectivity index (χ4v) is 7.15. The molecule has 0 spiro atoms. The Morgan fingerprint density at radius 1 is 1.19 bits per heavy atom. The summed E-state index contributed by atoms with van der Waals surface area (Å²) in [5.41, 5.74) is 8.35. The van der Waals surface area contributed by atoms with Crippen molar-refractivity contribution in [2.75, 3.05) is 11.4 Å². The Balaban J connectivity index is 1.26. The number of aromatic nitrogens is 1. The van der Waals surface area contributed by atoms with E-state index in [2.05, 4.69) is 20.9 Å². The Bertz CT molecular complexity index is 1220. The molecule has 3 fully saturated rings. The van der Waals surface area contributed by atoms with Crippen LogP contribution >= 0.6 is 11.8 Å². The predicted molar refractivity (Wildman–Crippen MR) is 139 cm³/mol. The number of anilines is 1. The Hall–Kier alpha value is -3.08. The van der Waals surface area contributed by atoms with Crippen LogP contribution in [0, 0.1) is 12.8 Å². The molecule has 0 bridgehead atoms. The fraction of sp³-hybridized carbons (Fsp3) is 0.423. The van der Waals surface area contributed by atoms with Gasteiger partial charge in [-0.2, -0.15) is 0 Å². The first kappa shape index (κ1) is 23.3. The van der Waals surface area contributed by atoms with Crippen molar-refractivity contribution in [1.82, 2.24) is 20.9 Å². The fourth-order valence-electron chi connectivity index (χ4n) is 5.76. The summed E-state index contributed by atoms with van der Waals surface area (Å²) < 4.78 is 5.88. The number of pyridine rings is 1. The summed E-state index contributed by atoms with van der Waals surface area (Å²) in [6.45, 7) is 2.65. The maximum Gasteiger partial charge on any atom is 0.326 e. The number of nitrogens with zero attached hydrogens (tertiary/aromatic N) is 2. The largest absolute Gasteiger partial charge is 0.439 e. The van der Waals surface area contributed by atoms with Gasteiger partial charge < -0.3 is 26.4 Å². The highest BCUT2D eigenvalue weighted by Gasteiger charge is 2.52. The summed E-state index contributed by atoms with van der Waals surface area (Å²) in [4.78, 5) is 33.7. The highest BCUT2D eigenvalue weighted by atomic mass is 32.2. The van der Waals surface area contributed by atoms with E-state index < -0.39 is 0 Å². The number of amides is 3. The van der Waals surface area contributed by atoms with Crippen molar-refractivity contribution in [3.63, 3.8) is 0 Å². The molecule has 9 nitrogen and oxygen atoms in total. The average molecular weight is 507 g/mol. The van der Waals surface area contributed by atoms with Crippen LogP contribution in [0.1, 0.15) is 31.4 Å². The SMILES string of the molecule is Cc1nc(Oc2ccccc2)ccc1N1C(=O)NC2=C(C(=O)N[C@@H]3CCC[C@H]3N)SC3NCCC1C23. The molecule has 4 heterocycles. The molecule has 6 rings (SSSR count). The van der Waals surface area contributed by atoms with Crippen LogP contribution in [-0.4, -0.2) is 47.0 Å². The van der Waals surface area contributed by atoms with E-state index >= 15 is 0 Å². The van der Waals surface area contributed by atoms with Crippen LogP contribution in [0.15, 0.2) is 53.1 Å². The van der Waals surface area contributed by atoms with Crippen molar-refractivity contribution in [2.45, 2.75) is 56.1 Å². The maximum absolute atomic E-state index is 13.5. The number of carbonyl (C=O) groups is 2. The number of nitrogens with one attached hydrogen (secondary N) is 3. The molecule has 10 heteroatoms. The van der Waals surface area contributed by atoms with E-state index in [1.54, 1.807) is 6.07 Å². The minimum atomic E-state index is -0.237. The lowest BCUT2D eigenvalue weighted by atomic mass is 9.86. The average Bonchev–Trinajstić information content (AvgIpc) is 3.45. The number of aryl methyl sites for hydroxylation is 1. The monoisotopic (exact) mass is 506 g/mol. The molecule has 3 amide bonds. The lowest BCUT2D eigenvalue weighted by molar-refractivity contribution is -0.117. The second-order valence-corrected chi connectivity index (χ2v) is 10.9. The first-order valence-electron chi connectivity index (χ1n) is 12.5. The van der Waals surface area contributed by atoms with Gasteiger partial charge in [0.1, 0.15) is 5.75 Å². The maximum atomic E-state index is 13.5. The molecule has 2 aromatic rings. The van der Waals surface area contributed by atoms with Crippen LogP contribution in [0.3, 0.4) is 0 Å². The molecule has 36 heavy (non-hydrogen) atoms. The van der Waals surface area contributed by atoms with Crippen molar-refractivity contribution >= 4 is 29.4 Å². The van der Waals surface area contributed by atoms with Crippen LogP contribution in [0.2, 0.25) is 0 Å². The number of piperidine rings is 1. The summed E-state index contributed by atoms with van der Waals surface area (Å²) in [6, 6.07) is 12.8. The zero-order valence-corrected chi connectivity index (χ0v) is 20.9. The smallest absolute Gasteiger partial charge is 0.326 e. The van der Waals surface area contributed by atoms with E-state index in [4.69, 9.17) is 10.5 Å². The van der Waals surface area contributed by atoms with Gasteiger partial charge in [-0.15, -0.1) is 0 Å². The summed E-state index contributed by atoms with van der Waals surface area (Å²) >= 11 is 1.51. The number of para-hydroxylation sites is 1. The minimum absolute atomic E-state index is 0.0140. The molecule has 5 N–H and O–H groups in total. The Kier molecular flexibility index (Phi) is 6.10. The molecule has 2 saturated heterocycles. The molecular formula is C26H30N6O3S. The van der Waals surface area contributed by atoms with Crippen molar-refractivity contribution in [3.8, 4) is 11.6 Å². The third-order valence-electron chi connectivity index (χ3n) is 7.49. The minimum Gasteiger partial charge on any atom is -0.439 e. The molecular weight excluding hydrogens is 476 g/mol. The van der Waals surface area contributed by atoms with Crippen LogP contribution < -0.4 is 31.3 Å². The normalized spacial score (nSPS) is 29.1. The van der Waals surface area contributed by atoms with Crippen molar-refractivity contribution in [3.05, 3.63) is 58.8 Å². The first-order valence-corrected chi connectivity index (χ1v) is 13.4. The number of urea groups is 1. The topological polar surface area (TPSA) is 122 Å². The van der Waals surface area contributed by atoms with Crippen LogP contribution in [0.4, 0.5) is 10.5 Å². The molecule has 1 aromatic carbocycles. The Morgan fingerprint density at radius 3 is 2.78 bits per heavy atom. The molecule has 4 aliphatic rings. The third-order valence-corrected chi connectivity index (χ3v) is 8.85. The van der Waals surface area contributed by atoms with Gasteiger partial charge in [-0.25, -0.2) is 9.78 Å². The van der Waals surface area contributed by atoms with Gasteiger partial charge in [-0.1, -0.05) is 30.0 Å². The molecule has 5 atom stereocenters. The van der Waals surface area contributed by atoms with E-state index in [9.17, 15) is 9.59 Å². The standard InChI is InChI=1S/C26H30N6O3S/c1-14-18(10-11-20(29-14)35-15-6-3-2-4-7-15)32-19-12-13-28-25-21(19)22(31-26(32)34)23(36-25)24(33)30-17-9-5-8-16(17)27/h2-4,6-7,10-11,16-17,19,21,25,28H,5,8-9,12-13,27H2,1H3,(H,30,33)(H,31,34)/t16-,17-,19?,21?,25?/m1/s1. The Labute approximate surface area is 214 Å². The van der Waals surface area contributed by atoms with E-state index in [1.165, 1.54) is 11.8 Å². The number of ether oxygens (including phenoxy) is 1. The second-order valence-electron chi connectivity index (χ2n) is 9.76. The van der Waals surface area contributed by atoms with Crippen molar-refractivity contribution in [2.24, 2.45) is 11.7 Å². The number of hydrogen-bond donors (Lipinski definition) is 4. The summed E-state index contributed by atoms with van der Waals surface area (Å²) in [6.07, 6.45) is 3.62. The number of carbonyl (C=O) groups excluding carboxylic acids is 2. The van der Waals surface area contributed by atoms with Gasteiger partial charge in [0.25, 0.3) is 5.91 Å². The highest BCUT2D eigenvalue weighted by molar-refractivity contribution is 8.04. The van der Waals surface area contributed by atoms with Gasteiger partial charge in [0, 0.05) is 29.8 Å². The van der Waals surface area contributed by atoms with Gasteiger partial charge >= 0.3 is 6.03 Å². The van der Waals surface area contributed by atoms with Gasteiger partial charge in [-0.05, 0) is 57.4 Å². The number of thioether (sulfide) groups is 1. The number of hydrogen-bond acceptors (Lipinski definition) is 7. The summed E-state index contributed by atoms with van der Waals surface area (Å²) in [5.74, 6) is 1.03. The molecule has 1 aliphatic carbocycles. The predicted octanol–water partition coefficient (Wildman–Crippen LogP) is 2.97. The van der Waals surface area contributed by atoms with E-state index in [-0.39, 0.29) is 41.4 Å². The van der Waals surface area contributed by atoms with Crippen LogP contribution in [0.5, 0.6) is 11.6 Å². The Morgan fingerprint density at radius 2 is 2.03 bits per heavy atom. The van der Waals surface area contributed by atoms with E-state index in [1.807, 2.05) is 48.2 Å². The van der Waals surface area contributed by atoms with Crippen molar-refractivity contribution in [1.29, 1.82) is 0 Å². The number of nitrogens with two attached hydrogens (primary N) is 1. The number of benzene rings is 1. The van der Waals surface area contributed by atoms with Gasteiger partial charge in [0.15, 0.2) is 0 Å². The highest BCUT2D eigenvalue weighted by Crippen LogP contribution is 2.48. The van der Waals surface area contributed by atoms with E-state index in [0.29, 0.717) is 22.2 Å². The molecule has 1 saturated carbocycles. The lowest BCUT2D eigenvalue weighted by Gasteiger charge is -2.46. The van der Waals surface area contributed by atoms with Gasteiger partial charge in [0.2, 0.25) is 5.88 Å². The first-order chi connectivity index (χ1) is 17.5. The summed E-state index contributed by atoms with van der Waals surface area (Å²) in [7, 11) is 0. The third kappa shape index (κ3) is 4.12. The lowest BCUT2D eigenvalue weighted by Crippen LogP contribution is -2.62. The number of rotatable bonds is 5. The van der Waals surface area contributed by atoms with Crippen molar-refractivity contribution < 1.29 is 14.3 Å². The van der Waals surface area contributed by atoms with E-state index in [0.717, 1.165) is 43.6 Å². The zero-order valence-electron chi connectivity index (χ0n) is 20.1. The summed E-state index contributed by atoms with van der Waals surface area (Å²) in [5, 5.41) is 9.74. The molecule has 3 unspecified atom stereocenters. The molecule has 0 radical (unpaired) electrons. The van der Waals surface area contributed by atoms with Gasteiger partial charge in [0.05, 0.1) is 27.7 Å². The zero-order chi connectivity index (χ0) is 24.8. The van der Waals surface area contributed by atoms with Crippen LogP contribution in [-0.2, 0) is 4.79 Å². The molecule has 3 aliphatic heterocycles. The van der Waals surface area contributed by atoms with Gasteiger partial charge in [-0.3, -0.25) is 9.69 Å². The molecule has 1 aromatic heterocycles. The molecule has 188 valence electrons. The second kappa shape index (κ2) is 9.42. The van der Waals surface area contributed by atoms with Crippen LogP contribution in [0.25, 0.3) is 0 Å². The quantitative estimate of drug-likeness (QED) is 0.492.